The summed E-state index contributed by atoms with van der Waals surface area (Å²) in [5, 5.41) is 8.78. The number of rotatable bonds is 4. The van der Waals surface area contributed by atoms with Crippen molar-refractivity contribution in [2.75, 3.05) is 5.32 Å². The highest BCUT2D eigenvalue weighted by atomic mass is 32.1. The Morgan fingerprint density at radius 2 is 2.12 bits per heavy atom. The molecule has 8 nitrogen and oxygen atoms in total. The van der Waals surface area contributed by atoms with Gasteiger partial charge in [-0.15, -0.1) is 11.3 Å². The van der Waals surface area contributed by atoms with Crippen LogP contribution in [-0.4, -0.2) is 31.0 Å². The average molecular weight is 364 g/mol. The number of hydrogen-bond acceptors (Lipinski definition) is 8. The van der Waals surface area contributed by atoms with E-state index in [1.165, 1.54) is 23.9 Å². The fraction of sp³-hybridized carbons (Fsp3) is 0.0588. The minimum atomic E-state index is -0.376. The first-order chi connectivity index (χ1) is 12.7. The lowest BCUT2D eigenvalue weighted by atomic mass is 10.2. The Bertz CT molecular complexity index is 1060. The normalized spacial score (nSPS) is 10.7. The van der Waals surface area contributed by atoms with Crippen molar-refractivity contribution in [3.8, 4) is 22.8 Å². The minimum Gasteiger partial charge on any atom is -0.354 e. The Balaban J connectivity index is 1.57. The van der Waals surface area contributed by atoms with Crippen LogP contribution in [0.15, 0.2) is 53.0 Å². The summed E-state index contributed by atoms with van der Waals surface area (Å²) in [6.07, 6.45) is 6.01. The Morgan fingerprint density at radius 1 is 1.19 bits per heavy atom. The van der Waals surface area contributed by atoms with Gasteiger partial charge in [0.1, 0.15) is 23.3 Å². The predicted molar refractivity (Wildman–Crippen MR) is 95.6 cm³/mol. The highest BCUT2D eigenvalue weighted by Gasteiger charge is 2.20. The molecule has 0 unspecified atom stereocenters. The van der Waals surface area contributed by atoms with E-state index in [0.717, 1.165) is 11.3 Å². The molecule has 0 spiro atoms. The molecule has 0 saturated carbocycles. The molecule has 0 aliphatic rings. The fourth-order valence-electron chi connectivity index (χ4n) is 2.37. The van der Waals surface area contributed by atoms with Crippen LogP contribution >= 0.6 is 11.3 Å². The van der Waals surface area contributed by atoms with Crippen molar-refractivity contribution in [2.24, 2.45) is 0 Å². The van der Waals surface area contributed by atoms with Crippen LogP contribution in [0.5, 0.6) is 0 Å². The van der Waals surface area contributed by atoms with Gasteiger partial charge in [0.25, 0.3) is 5.91 Å². The van der Waals surface area contributed by atoms with E-state index in [1.54, 1.807) is 18.5 Å². The van der Waals surface area contributed by atoms with Gasteiger partial charge in [0.15, 0.2) is 10.9 Å². The van der Waals surface area contributed by atoms with Gasteiger partial charge >= 0.3 is 0 Å². The first-order valence-electron chi connectivity index (χ1n) is 7.62. The molecule has 0 aromatic carbocycles. The van der Waals surface area contributed by atoms with Crippen molar-refractivity contribution < 1.29 is 9.32 Å². The Labute approximate surface area is 152 Å². The first-order valence-corrected chi connectivity index (χ1v) is 8.50. The zero-order chi connectivity index (χ0) is 17.9. The van der Waals surface area contributed by atoms with Crippen LogP contribution in [0.4, 0.5) is 5.13 Å². The second-order valence-corrected chi connectivity index (χ2v) is 6.18. The molecule has 0 atom stereocenters. The van der Waals surface area contributed by atoms with Crippen molar-refractivity contribution >= 4 is 22.4 Å². The monoisotopic (exact) mass is 364 g/mol. The number of hydrogen-bond donors (Lipinski definition) is 1. The average Bonchev–Trinajstić information content (AvgIpc) is 3.32. The summed E-state index contributed by atoms with van der Waals surface area (Å²) >= 11 is 1.32. The molecular formula is C17H12N6O2S. The molecular weight excluding hydrogens is 352 g/mol. The Kier molecular flexibility index (Phi) is 4.20. The molecule has 1 N–H and O–H groups in total. The van der Waals surface area contributed by atoms with Crippen molar-refractivity contribution in [1.29, 1.82) is 0 Å². The third-order valence-electron chi connectivity index (χ3n) is 3.61. The molecule has 26 heavy (non-hydrogen) atoms. The summed E-state index contributed by atoms with van der Waals surface area (Å²) < 4.78 is 5.17. The summed E-state index contributed by atoms with van der Waals surface area (Å²) in [6, 6.07) is 5.47. The molecule has 4 aromatic heterocycles. The highest BCUT2D eigenvalue weighted by molar-refractivity contribution is 7.14. The molecule has 1 amide bonds. The van der Waals surface area contributed by atoms with Gasteiger partial charge in [-0.05, 0) is 24.6 Å². The van der Waals surface area contributed by atoms with Crippen LogP contribution in [0.1, 0.15) is 15.9 Å². The predicted octanol–water partition coefficient (Wildman–Crippen LogP) is 3.21. The maximum absolute atomic E-state index is 12.6. The van der Waals surface area contributed by atoms with E-state index >= 15 is 0 Å². The number of carbonyl (C=O) groups excluding carboxylic acids is 1. The van der Waals surface area contributed by atoms with Gasteiger partial charge in [-0.3, -0.25) is 15.1 Å². The standard InChI is InChI=1S/C17H12N6O2S/c1-10-3-2-5-19-14(10)13-8-26-17(22-13)23-16(24)11-7-21-25-15(11)12-4-6-18-9-20-12/h2-9H,1H3,(H,22,23,24). The molecule has 128 valence electrons. The van der Waals surface area contributed by atoms with Crippen LogP contribution in [0, 0.1) is 6.92 Å². The lowest BCUT2D eigenvalue weighted by Gasteiger charge is -2.01. The molecule has 9 heteroatoms. The molecule has 4 heterocycles. The molecule has 0 aliphatic carbocycles. The molecule has 4 aromatic rings. The number of anilines is 1. The van der Waals surface area contributed by atoms with Crippen LogP contribution in [0.25, 0.3) is 22.8 Å². The third kappa shape index (κ3) is 3.07. The summed E-state index contributed by atoms with van der Waals surface area (Å²) in [7, 11) is 0. The Morgan fingerprint density at radius 3 is 2.92 bits per heavy atom. The smallest absolute Gasteiger partial charge is 0.263 e. The van der Waals surface area contributed by atoms with Gasteiger partial charge in [0.2, 0.25) is 0 Å². The van der Waals surface area contributed by atoms with Crippen LogP contribution in [-0.2, 0) is 0 Å². The van der Waals surface area contributed by atoms with Crippen molar-refractivity contribution in [1.82, 2.24) is 25.1 Å². The number of aryl methyl sites for hydroxylation is 1. The second kappa shape index (κ2) is 6.81. The number of aromatic nitrogens is 5. The maximum Gasteiger partial charge on any atom is 0.263 e. The first kappa shape index (κ1) is 16.0. The molecule has 0 fully saturated rings. The number of nitrogens with zero attached hydrogens (tertiary/aromatic N) is 5. The van der Waals surface area contributed by atoms with E-state index in [1.807, 2.05) is 24.4 Å². The fourth-order valence-corrected chi connectivity index (χ4v) is 3.06. The van der Waals surface area contributed by atoms with E-state index in [0.29, 0.717) is 16.5 Å². The number of carbonyl (C=O) groups is 1. The lowest BCUT2D eigenvalue weighted by molar-refractivity contribution is 0.102. The molecule has 4 rings (SSSR count). The molecule has 0 aliphatic heterocycles. The minimum absolute atomic E-state index is 0.273. The number of pyridine rings is 1. The van der Waals surface area contributed by atoms with E-state index in [-0.39, 0.29) is 17.2 Å². The van der Waals surface area contributed by atoms with Crippen LogP contribution in [0.3, 0.4) is 0 Å². The maximum atomic E-state index is 12.6. The van der Waals surface area contributed by atoms with E-state index < -0.39 is 0 Å². The third-order valence-corrected chi connectivity index (χ3v) is 4.36. The number of amides is 1. The van der Waals surface area contributed by atoms with Crippen molar-refractivity contribution in [3.05, 3.63) is 59.6 Å². The Hall–Kier alpha value is -3.46. The zero-order valence-electron chi connectivity index (χ0n) is 13.6. The van der Waals surface area contributed by atoms with Gasteiger partial charge in [-0.1, -0.05) is 11.2 Å². The van der Waals surface area contributed by atoms with Crippen LogP contribution < -0.4 is 5.32 Å². The van der Waals surface area contributed by atoms with Gasteiger partial charge in [-0.2, -0.15) is 0 Å². The number of thiazole rings is 1. The topological polar surface area (TPSA) is 107 Å². The SMILES string of the molecule is Cc1cccnc1-c1csc(NC(=O)c2cnoc2-c2ccncn2)n1. The zero-order valence-corrected chi connectivity index (χ0v) is 14.4. The van der Waals surface area contributed by atoms with Gasteiger partial charge in [0.05, 0.1) is 11.9 Å². The summed E-state index contributed by atoms with van der Waals surface area (Å²) in [4.78, 5) is 29.3. The van der Waals surface area contributed by atoms with E-state index in [2.05, 4.69) is 30.4 Å². The van der Waals surface area contributed by atoms with E-state index in [9.17, 15) is 4.79 Å². The molecule has 0 saturated heterocycles. The molecule has 0 radical (unpaired) electrons. The molecule has 0 bridgehead atoms. The lowest BCUT2D eigenvalue weighted by Crippen LogP contribution is -2.12. The van der Waals surface area contributed by atoms with Gasteiger partial charge in [-0.25, -0.2) is 15.0 Å². The van der Waals surface area contributed by atoms with Gasteiger partial charge in [0, 0.05) is 17.8 Å². The van der Waals surface area contributed by atoms with Crippen LogP contribution in [0.2, 0.25) is 0 Å². The quantitative estimate of drug-likeness (QED) is 0.592. The van der Waals surface area contributed by atoms with Crippen molar-refractivity contribution in [2.45, 2.75) is 6.92 Å². The summed E-state index contributed by atoms with van der Waals surface area (Å²) in [5.74, 6) is -0.0965. The van der Waals surface area contributed by atoms with Crippen molar-refractivity contribution in [3.63, 3.8) is 0 Å². The van der Waals surface area contributed by atoms with E-state index in [4.69, 9.17) is 4.52 Å². The van der Waals surface area contributed by atoms with Gasteiger partial charge < -0.3 is 4.52 Å². The highest BCUT2D eigenvalue weighted by Crippen LogP contribution is 2.27. The second-order valence-electron chi connectivity index (χ2n) is 5.32. The number of nitrogens with one attached hydrogen (secondary N) is 1. The summed E-state index contributed by atoms with van der Waals surface area (Å²) in [5.41, 5.74) is 3.27. The largest absolute Gasteiger partial charge is 0.354 e. The summed E-state index contributed by atoms with van der Waals surface area (Å²) in [6.45, 7) is 1.96.